The highest BCUT2D eigenvalue weighted by Gasteiger charge is 2.27. The summed E-state index contributed by atoms with van der Waals surface area (Å²) >= 11 is 0. The topological polar surface area (TPSA) is 149 Å². The van der Waals surface area contributed by atoms with Crippen LogP contribution in [0.2, 0.25) is 0 Å². The second kappa shape index (κ2) is 45.9. The summed E-state index contributed by atoms with van der Waals surface area (Å²) in [4.78, 5) is 35.1. The number of aliphatic hydroxyl groups is 2. The first-order valence-corrected chi connectivity index (χ1v) is 26.1. The Kier molecular flexibility index (Phi) is 44.4. The molecule has 3 atom stereocenters. The standard InChI is InChI=1S/C50H91O10P/c1-3-5-7-9-11-13-15-17-19-20-21-22-23-24-25-26-28-29-31-33-35-37-39-41-49(53)57-45-48(46-59-61(55,56)58-44-47(52)43-51)60-50(54)42-40-38-36-34-32-30-27-18-16-14-12-10-8-6-4-2/h6,8,12,14,18,27,33,35,47-48,51-52H,3-5,7,9-11,13,15-17,19-26,28-32,34,36-46H2,1-2H3,(H,55,56)/b8-6+,14-12+,27-18+,35-33+/t47-,48+/m1/s1. The summed E-state index contributed by atoms with van der Waals surface area (Å²) in [5.41, 5.74) is 0. The number of ether oxygens (including phenoxy) is 2. The maximum absolute atomic E-state index is 12.6. The van der Waals surface area contributed by atoms with Gasteiger partial charge in [-0.1, -0.05) is 191 Å². The van der Waals surface area contributed by atoms with Gasteiger partial charge in [0.15, 0.2) is 6.10 Å². The van der Waals surface area contributed by atoms with Crippen LogP contribution >= 0.6 is 7.82 Å². The number of allylic oxidation sites excluding steroid dienone is 8. The molecule has 0 aromatic rings. The first-order valence-electron chi connectivity index (χ1n) is 24.6. The molecule has 0 rings (SSSR count). The summed E-state index contributed by atoms with van der Waals surface area (Å²) in [6.07, 6.45) is 51.0. The Labute approximate surface area is 373 Å². The van der Waals surface area contributed by atoms with Gasteiger partial charge in [0, 0.05) is 12.8 Å². The van der Waals surface area contributed by atoms with Crippen molar-refractivity contribution >= 4 is 19.8 Å². The molecule has 0 aliphatic carbocycles. The molecule has 11 heteroatoms. The maximum Gasteiger partial charge on any atom is 0.472 e. The molecule has 356 valence electrons. The highest BCUT2D eigenvalue weighted by molar-refractivity contribution is 7.47. The average molecular weight is 883 g/mol. The minimum atomic E-state index is -4.63. The van der Waals surface area contributed by atoms with E-state index in [0.717, 1.165) is 64.2 Å². The molecule has 0 radical (unpaired) electrons. The monoisotopic (exact) mass is 883 g/mol. The molecule has 1 unspecified atom stereocenters. The van der Waals surface area contributed by atoms with E-state index in [1.807, 2.05) is 0 Å². The van der Waals surface area contributed by atoms with Crippen molar-refractivity contribution in [2.45, 2.75) is 232 Å². The Morgan fingerprint density at radius 3 is 1.43 bits per heavy atom. The first-order chi connectivity index (χ1) is 29.7. The lowest BCUT2D eigenvalue weighted by Crippen LogP contribution is -2.29. The third-order valence-corrected chi connectivity index (χ3v) is 11.4. The number of phosphoric ester groups is 1. The van der Waals surface area contributed by atoms with Crippen LogP contribution < -0.4 is 0 Å². The van der Waals surface area contributed by atoms with Gasteiger partial charge in [0.25, 0.3) is 0 Å². The number of hydrogen-bond donors (Lipinski definition) is 3. The van der Waals surface area contributed by atoms with Crippen molar-refractivity contribution in [2.75, 3.05) is 26.4 Å². The van der Waals surface area contributed by atoms with E-state index in [4.69, 9.17) is 23.6 Å². The summed E-state index contributed by atoms with van der Waals surface area (Å²) in [6, 6.07) is 0. The highest BCUT2D eigenvalue weighted by atomic mass is 31.2. The average Bonchev–Trinajstić information content (AvgIpc) is 3.25. The number of phosphoric acid groups is 1. The molecule has 0 heterocycles. The summed E-state index contributed by atoms with van der Waals surface area (Å²) < 4.78 is 32.7. The molecule has 0 amide bonds. The quantitative estimate of drug-likeness (QED) is 0.0233. The Morgan fingerprint density at radius 2 is 0.918 bits per heavy atom. The molecular formula is C50H91O10P. The fraction of sp³-hybridized carbons (Fsp3) is 0.800. The SMILES string of the molecule is CC/C=C/C/C=C/C/C=C/CCCCCCCC(=O)O[C@@H](COC(=O)CCC/C=C/CCCCCCCCCCCCCCCCCCCC)COP(=O)(O)OC[C@H](O)CO. The van der Waals surface area contributed by atoms with Crippen LogP contribution in [-0.2, 0) is 32.7 Å². The molecule has 0 saturated carbocycles. The van der Waals surface area contributed by atoms with Gasteiger partial charge in [-0.25, -0.2) is 4.57 Å². The van der Waals surface area contributed by atoms with Gasteiger partial charge in [0.05, 0.1) is 19.8 Å². The lowest BCUT2D eigenvalue weighted by molar-refractivity contribution is -0.161. The lowest BCUT2D eigenvalue weighted by Gasteiger charge is -2.20. The van der Waals surface area contributed by atoms with E-state index in [1.54, 1.807) is 0 Å². The predicted octanol–water partition coefficient (Wildman–Crippen LogP) is 13.7. The normalized spacial score (nSPS) is 14.1. The molecule has 0 bridgehead atoms. The molecule has 0 aromatic heterocycles. The third kappa shape index (κ3) is 45.8. The van der Waals surface area contributed by atoms with Crippen LogP contribution in [-0.4, -0.2) is 65.7 Å². The number of unbranched alkanes of at least 4 members (excludes halogenated alkanes) is 24. The van der Waals surface area contributed by atoms with Crippen LogP contribution in [0.25, 0.3) is 0 Å². The molecule has 0 saturated heterocycles. The second-order valence-corrected chi connectivity index (χ2v) is 17.9. The number of carbonyl (C=O) groups is 2. The van der Waals surface area contributed by atoms with E-state index in [-0.39, 0.29) is 19.4 Å². The molecule has 10 nitrogen and oxygen atoms in total. The number of hydrogen-bond acceptors (Lipinski definition) is 9. The van der Waals surface area contributed by atoms with Gasteiger partial charge in [-0.05, 0) is 64.2 Å². The maximum atomic E-state index is 12.6. The molecular weight excluding hydrogens is 792 g/mol. The van der Waals surface area contributed by atoms with Crippen LogP contribution in [0.3, 0.4) is 0 Å². The summed E-state index contributed by atoms with van der Waals surface area (Å²) in [5, 5.41) is 18.4. The van der Waals surface area contributed by atoms with E-state index in [2.05, 4.69) is 62.5 Å². The zero-order chi connectivity index (χ0) is 44.8. The minimum absolute atomic E-state index is 0.159. The lowest BCUT2D eigenvalue weighted by atomic mass is 10.0. The van der Waals surface area contributed by atoms with Crippen molar-refractivity contribution in [2.24, 2.45) is 0 Å². The summed E-state index contributed by atoms with van der Waals surface area (Å²) in [7, 11) is -4.63. The molecule has 3 N–H and O–H groups in total. The van der Waals surface area contributed by atoms with E-state index < -0.39 is 51.8 Å². The highest BCUT2D eigenvalue weighted by Crippen LogP contribution is 2.43. The number of esters is 2. The van der Waals surface area contributed by atoms with Crippen molar-refractivity contribution in [3.8, 4) is 0 Å². The minimum Gasteiger partial charge on any atom is -0.462 e. The molecule has 0 aromatic carbocycles. The Hall–Kier alpha value is -2.07. The fourth-order valence-corrected chi connectivity index (χ4v) is 7.51. The van der Waals surface area contributed by atoms with Crippen LogP contribution in [0.4, 0.5) is 0 Å². The van der Waals surface area contributed by atoms with E-state index >= 15 is 0 Å². The van der Waals surface area contributed by atoms with Crippen molar-refractivity contribution in [1.82, 2.24) is 0 Å². The smallest absolute Gasteiger partial charge is 0.462 e. The van der Waals surface area contributed by atoms with Crippen LogP contribution in [0, 0.1) is 0 Å². The second-order valence-electron chi connectivity index (χ2n) is 16.5. The van der Waals surface area contributed by atoms with E-state index in [0.29, 0.717) is 12.8 Å². The molecule has 0 aliphatic heterocycles. The summed E-state index contributed by atoms with van der Waals surface area (Å²) in [5.74, 6) is -0.978. The van der Waals surface area contributed by atoms with E-state index in [1.165, 1.54) is 116 Å². The Balaban J connectivity index is 4.20. The van der Waals surface area contributed by atoms with Gasteiger partial charge in [0.2, 0.25) is 0 Å². The van der Waals surface area contributed by atoms with Gasteiger partial charge < -0.3 is 24.6 Å². The third-order valence-electron chi connectivity index (χ3n) is 10.5. The molecule has 0 fully saturated rings. The van der Waals surface area contributed by atoms with Gasteiger partial charge >= 0.3 is 19.8 Å². The van der Waals surface area contributed by atoms with Gasteiger partial charge in [-0.15, -0.1) is 0 Å². The van der Waals surface area contributed by atoms with Gasteiger partial charge in [-0.3, -0.25) is 18.6 Å². The van der Waals surface area contributed by atoms with Crippen LogP contribution in [0.15, 0.2) is 48.6 Å². The fourth-order valence-electron chi connectivity index (χ4n) is 6.72. The number of aliphatic hydroxyl groups excluding tert-OH is 2. The molecule has 61 heavy (non-hydrogen) atoms. The largest absolute Gasteiger partial charge is 0.472 e. The van der Waals surface area contributed by atoms with Crippen LogP contribution in [0.5, 0.6) is 0 Å². The van der Waals surface area contributed by atoms with Crippen molar-refractivity contribution < 1.29 is 47.8 Å². The summed E-state index contributed by atoms with van der Waals surface area (Å²) in [6.45, 7) is 2.24. The zero-order valence-electron chi connectivity index (χ0n) is 38.9. The first kappa shape index (κ1) is 58.9. The van der Waals surface area contributed by atoms with Crippen molar-refractivity contribution in [1.29, 1.82) is 0 Å². The van der Waals surface area contributed by atoms with Gasteiger partial charge in [0.1, 0.15) is 12.7 Å². The Bertz CT molecular complexity index is 1150. The van der Waals surface area contributed by atoms with Crippen LogP contribution in [0.1, 0.15) is 219 Å². The van der Waals surface area contributed by atoms with Crippen molar-refractivity contribution in [3.05, 3.63) is 48.6 Å². The van der Waals surface area contributed by atoms with E-state index in [9.17, 15) is 24.2 Å². The van der Waals surface area contributed by atoms with Gasteiger partial charge in [-0.2, -0.15) is 0 Å². The molecule has 0 aliphatic rings. The zero-order valence-corrected chi connectivity index (χ0v) is 39.8. The Morgan fingerprint density at radius 1 is 0.508 bits per heavy atom. The number of rotatable bonds is 46. The predicted molar refractivity (Wildman–Crippen MR) is 251 cm³/mol. The molecule has 0 spiro atoms. The van der Waals surface area contributed by atoms with Crippen molar-refractivity contribution in [3.63, 3.8) is 0 Å². The number of carbonyl (C=O) groups excluding carboxylic acids is 2.